The number of rotatable bonds is 4. The smallest absolute Gasteiger partial charge is 0.243 e. The number of methoxy groups -OCH3 is 2. The van der Waals surface area contributed by atoms with E-state index < -0.39 is 10.0 Å². The molecule has 0 saturated carbocycles. The molecule has 0 bridgehead atoms. The van der Waals surface area contributed by atoms with Gasteiger partial charge in [-0.3, -0.25) is 4.79 Å². The molecule has 1 aliphatic rings. The summed E-state index contributed by atoms with van der Waals surface area (Å²) in [5, 5.41) is 0. The van der Waals surface area contributed by atoms with Crippen molar-refractivity contribution in [1.82, 2.24) is 4.31 Å². The second-order valence-corrected chi connectivity index (χ2v) is 8.13. The zero-order valence-corrected chi connectivity index (χ0v) is 15.8. The Morgan fingerprint density at radius 3 is 2.35 bits per heavy atom. The SMILES string of the molecule is COc1cc2c(c(OC)c1)C(=O)CCN(S(=O)(=O)c1ccc(C)cc1)C2. The van der Waals surface area contributed by atoms with E-state index in [2.05, 4.69) is 0 Å². The van der Waals surface area contributed by atoms with Crippen molar-refractivity contribution in [3.05, 3.63) is 53.1 Å². The Morgan fingerprint density at radius 2 is 1.73 bits per heavy atom. The second-order valence-electron chi connectivity index (χ2n) is 6.19. The van der Waals surface area contributed by atoms with Gasteiger partial charge in [-0.25, -0.2) is 8.42 Å². The van der Waals surface area contributed by atoms with Crippen molar-refractivity contribution in [2.45, 2.75) is 24.8 Å². The first-order chi connectivity index (χ1) is 12.4. The zero-order valence-electron chi connectivity index (χ0n) is 15.0. The quantitative estimate of drug-likeness (QED) is 0.822. The van der Waals surface area contributed by atoms with Gasteiger partial charge >= 0.3 is 0 Å². The maximum Gasteiger partial charge on any atom is 0.243 e. The number of hydrogen-bond donors (Lipinski definition) is 0. The summed E-state index contributed by atoms with van der Waals surface area (Å²) < 4.78 is 38.0. The number of sulfonamides is 1. The van der Waals surface area contributed by atoms with Crippen LogP contribution in [-0.4, -0.2) is 39.3 Å². The lowest BCUT2D eigenvalue weighted by Crippen LogP contribution is -2.31. The van der Waals surface area contributed by atoms with Gasteiger partial charge in [-0.1, -0.05) is 17.7 Å². The van der Waals surface area contributed by atoms with Crippen LogP contribution in [0.2, 0.25) is 0 Å². The fourth-order valence-corrected chi connectivity index (χ4v) is 4.47. The summed E-state index contributed by atoms with van der Waals surface area (Å²) in [7, 11) is -0.713. The third-order valence-corrected chi connectivity index (χ3v) is 6.34. The molecule has 6 nitrogen and oxygen atoms in total. The Labute approximate surface area is 153 Å². The van der Waals surface area contributed by atoms with Crippen LogP contribution in [0.25, 0.3) is 0 Å². The number of ketones is 1. The van der Waals surface area contributed by atoms with E-state index in [1.165, 1.54) is 18.5 Å². The second kappa shape index (κ2) is 7.09. The molecule has 0 atom stereocenters. The summed E-state index contributed by atoms with van der Waals surface area (Å²) in [6.45, 7) is 2.11. The molecular formula is C19H21NO5S. The van der Waals surface area contributed by atoms with Gasteiger partial charge < -0.3 is 9.47 Å². The number of carbonyl (C=O) groups is 1. The van der Waals surface area contributed by atoms with Crippen LogP contribution < -0.4 is 9.47 Å². The lowest BCUT2D eigenvalue weighted by atomic mass is 10.0. The molecule has 0 aromatic heterocycles. The summed E-state index contributed by atoms with van der Waals surface area (Å²) in [6.07, 6.45) is 0.0980. The monoisotopic (exact) mass is 375 g/mol. The standard InChI is InChI=1S/C19H21NO5S/c1-13-4-6-16(7-5-13)26(22,23)20-9-8-17(21)19-14(12-20)10-15(24-2)11-18(19)25-3/h4-7,10-11H,8-9,12H2,1-3H3. The van der Waals surface area contributed by atoms with E-state index in [1.807, 2.05) is 6.92 Å². The molecule has 0 spiro atoms. The van der Waals surface area contributed by atoms with Crippen LogP contribution in [0.4, 0.5) is 0 Å². The Balaban J connectivity index is 2.06. The normalized spacial score (nSPS) is 15.3. The van der Waals surface area contributed by atoms with Gasteiger partial charge in [0.2, 0.25) is 10.0 Å². The average Bonchev–Trinajstić information content (AvgIpc) is 2.80. The minimum Gasteiger partial charge on any atom is -0.497 e. The third kappa shape index (κ3) is 3.32. The number of hydrogen-bond acceptors (Lipinski definition) is 5. The van der Waals surface area contributed by atoms with Crippen molar-refractivity contribution in [3.8, 4) is 11.5 Å². The van der Waals surface area contributed by atoms with Crippen LogP contribution in [0.15, 0.2) is 41.3 Å². The molecule has 1 aliphatic heterocycles. The van der Waals surface area contributed by atoms with Crippen LogP contribution in [0.3, 0.4) is 0 Å². The van der Waals surface area contributed by atoms with E-state index in [-0.39, 0.29) is 30.2 Å². The Hall–Kier alpha value is -2.38. The average molecular weight is 375 g/mol. The number of ether oxygens (including phenoxy) is 2. The van der Waals surface area contributed by atoms with Gasteiger partial charge in [0.05, 0.1) is 24.7 Å². The predicted molar refractivity (Wildman–Crippen MR) is 97.3 cm³/mol. The first-order valence-electron chi connectivity index (χ1n) is 8.21. The first kappa shape index (κ1) is 18.4. The van der Waals surface area contributed by atoms with Crippen molar-refractivity contribution < 1.29 is 22.7 Å². The van der Waals surface area contributed by atoms with E-state index in [4.69, 9.17) is 9.47 Å². The molecule has 0 saturated heterocycles. The summed E-state index contributed by atoms with van der Waals surface area (Å²) in [4.78, 5) is 12.8. The highest BCUT2D eigenvalue weighted by atomic mass is 32.2. The van der Waals surface area contributed by atoms with Crippen LogP contribution in [-0.2, 0) is 16.6 Å². The fraction of sp³-hybridized carbons (Fsp3) is 0.316. The van der Waals surface area contributed by atoms with Crippen LogP contribution in [0.1, 0.15) is 27.9 Å². The van der Waals surface area contributed by atoms with Gasteiger partial charge in [0.15, 0.2) is 5.78 Å². The van der Waals surface area contributed by atoms with E-state index in [9.17, 15) is 13.2 Å². The maximum absolute atomic E-state index is 13.0. The molecule has 2 aromatic rings. The molecule has 0 aliphatic carbocycles. The number of aryl methyl sites for hydroxylation is 1. The topological polar surface area (TPSA) is 72.9 Å². The highest BCUT2D eigenvalue weighted by Gasteiger charge is 2.31. The van der Waals surface area contributed by atoms with E-state index >= 15 is 0 Å². The Bertz CT molecular complexity index is 935. The molecule has 2 aromatic carbocycles. The molecule has 1 heterocycles. The van der Waals surface area contributed by atoms with E-state index in [0.717, 1.165) is 5.56 Å². The highest BCUT2D eigenvalue weighted by molar-refractivity contribution is 7.89. The summed E-state index contributed by atoms with van der Waals surface area (Å²) in [5.41, 5.74) is 1.99. The molecule has 0 fully saturated rings. The minimum absolute atomic E-state index is 0.0881. The van der Waals surface area contributed by atoms with Crippen molar-refractivity contribution >= 4 is 15.8 Å². The molecule has 138 valence electrons. The summed E-state index contributed by atoms with van der Waals surface area (Å²) >= 11 is 0. The van der Waals surface area contributed by atoms with Crippen LogP contribution >= 0.6 is 0 Å². The zero-order chi connectivity index (χ0) is 18.9. The number of benzene rings is 2. The largest absolute Gasteiger partial charge is 0.497 e. The predicted octanol–water partition coefficient (Wildman–Crippen LogP) is 2.79. The van der Waals surface area contributed by atoms with Gasteiger partial charge in [0.25, 0.3) is 0 Å². The lowest BCUT2D eigenvalue weighted by molar-refractivity contribution is 0.0978. The lowest BCUT2D eigenvalue weighted by Gasteiger charge is -2.21. The van der Waals surface area contributed by atoms with Crippen molar-refractivity contribution in [2.75, 3.05) is 20.8 Å². The maximum atomic E-state index is 13.0. The van der Waals surface area contributed by atoms with Crippen molar-refractivity contribution in [1.29, 1.82) is 0 Å². The number of Topliss-reactive ketones (excluding diaryl/α,β-unsaturated/α-hetero) is 1. The van der Waals surface area contributed by atoms with Gasteiger partial charge in [-0.15, -0.1) is 0 Å². The molecule has 26 heavy (non-hydrogen) atoms. The Morgan fingerprint density at radius 1 is 1.04 bits per heavy atom. The first-order valence-corrected chi connectivity index (χ1v) is 9.65. The number of carbonyl (C=O) groups excluding carboxylic acids is 1. The van der Waals surface area contributed by atoms with Gasteiger partial charge in [0, 0.05) is 25.6 Å². The fourth-order valence-electron chi connectivity index (χ4n) is 3.05. The van der Waals surface area contributed by atoms with Crippen molar-refractivity contribution in [3.63, 3.8) is 0 Å². The van der Waals surface area contributed by atoms with Gasteiger partial charge in [-0.2, -0.15) is 4.31 Å². The molecule has 0 radical (unpaired) electrons. The molecule has 0 amide bonds. The number of nitrogens with zero attached hydrogens (tertiary/aromatic N) is 1. The molecule has 0 unspecified atom stereocenters. The molecule has 0 N–H and O–H groups in total. The van der Waals surface area contributed by atoms with Gasteiger partial charge in [0.1, 0.15) is 11.5 Å². The number of fused-ring (bicyclic) bond motifs is 1. The molecule has 3 rings (SSSR count). The molecule has 7 heteroatoms. The highest BCUT2D eigenvalue weighted by Crippen LogP contribution is 2.34. The van der Waals surface area contributed by atoms with Gasteiger partial charge in [-0.05, 0) is 30.7 Å². The van der Waals surface area contributed by atoms with Crippen molar-refractivity contribution in [2.24, 2.45) is 0 Å². The molecular weight excluding hydrogens is 354 g/mol. The Kier molecular flexibility index (Phi) is 5.02. The summed E-state index contributed by atoms with van der Waals surface area (Å²) in [5.74, 6) is 0.781. The van der Waals surface area contributed by atoms with Crippen LogP contribution in [0, 0.1) is 6.92 Å². The van der Waals surface area contributed by atoms with Crippen LogP contribution in [0.5, 0.6) is 11.5 Å². The third-order valence-electron chi connectivity index (χ3n) is 4.49. The van der Waals surface area contributed by atoms with E-state index in [1.54, 1.807) is 36.4 Å². The van der Waals surface area contributed by atoms with E-state index in [0.29, 0.717) is 22.6 Å². The minimum atomic E-state index is -3.71. The summed E-state index contributed by atoms with van der Waals surface area (Å²) in [6, 6.07) is 10.0.